The number of pyridine rings is 1. The summed E-state index contributed by atoms with van der Waals surface area (Å²) in [7, 11) is 1.92. The minimum Gasteiger partial charge on any atom is -0.387 e. The maximum absolute atomic E-state index is 4.20. The second-order valence-corrected chi connectivity index (χ2v) is 4.19. The highest BCUT2D eigenvalue weighted by Crippen LogP contribution is 2.22. The Kier molecular flexibility index (Phi) is 3.43. The summed E-state index contributed by atoms with van der Waals surface area (Å²) in [5.74, 6) is 0. The van der Waals surface area contributed by atoms with Gasteiger partial charge >= 0.3 is 0 Å². The molecule has 0 aliphatic heterocycles. The van der Waals surface area contributed by atoms with E-state index in [-0.39, 0.29) is 0 Å². The molecule has 0 atom stereocenters. The summed E-state index contributed by atoms with van der Waals surface area (Å²) in [6.45, 7) is 0. The molecule has 0 spiro atoms. The predicted octanol–water partition coefficient (Wildman–Crippen LogP) is 2.87. The van der Waals surface area contributed by atoms with Crippen LogP contribution in [0.1, 0.15) is 32.1 Å². The third-order valence-electron chi connectivity index (χ3n) is 3.00. The van der Waals surface area contributed by atoms with Crippen molar-refractivity contribution in [3.05, 3.63) is 18.5 Å². The number of anilines is 2. The molecule has 1 fully saturated rings. The smallest absolute Gasteiger partial charge is 0.0549 e. The van der Waals surface area contributed by atoms with Gasteiger partial charge in [-0.2, -0.15) is 0 Å². The molecule has 1 heterocycles. The monoisotopic (exact) mass is 205 g/mol. The predicted molar refractivity (Wildman–Crippen MR) is 64.3 cm³/mol. The minimum atomic E-state index is 0.646. The maximum atomic E-state index is 4.20. The lowest BCUT2D eigenvalue weighted by molar-refractivity contribution is 0.462. The van der Waals surface area contributed by atoms with E-state index in [1.54, 1.807) is 0 Å². The van der Waals surface area contributed by atoms with Crippen molar-refractivity contribution >= 4 is 11.4 Å². The first kappa shape index (κ1) is 10.3. The van der Waals surface area contributed by atoms with Crippen LogP contribution in [-0.2, 0) is 0 Å². The zero-order valence-corrected chi connectivity index (χ0v) is 9.29. The average Bonchev–Trinajstić information content (AvgIpc) is 2.31. The van der Waals surface area contributed by atoms with Gasteiger partial charge in [0.2, 0.25) is 0 Å². The van der Waals surface area contributed by atoms with Crippen molar-refractivity contribution in [2.24, 2.45) is 0 Å². The first-order valence-corrected chi connectivity index (χ1v) is 5.78. The molecule has 0 unspecified atom stereocenters. The number of hydrogen-bond donors (Lipinski definition) is 2. The van der Waals surface area contributed by atoms with Crippen LogP contribution in [0.5, 0.6) is 0 Å². The Balaban J connectivity index is 1.96. The van der Waals surface area contributed by atoms with E-state index in [0.717, 1.165) is 11.4 Å². The largest absolute Gasteiger partial charge is 0.387 e. The van der Waals surface area contributed by atoms with Gasteiger partial charge < -0.3 is 10.6 Å². The molecule has 1 saturated carbocycles. The average molecular weight is 205 g/mol. The lowest BCUT2D eigenvalue weighted by Gasteiger charge is -2.23. The molecule has 0 bridgehead atoms. The second kappa shape index (κ2) is 5.01. The highest BCUT2D eigenvalue weighted by atomic mass is 14.9. The minimum absolute atomic E-state index is 0.646. The molecule has 1 aliphatic rings. The van der Waals surface area contributed by atoms with E-state index in [9.17, 15) is 0 Å². The summed E-state index contributed by atoms with van der Waals surface area (Å²) in [6.07, 6.45) is 10.4. The van der Waals surface area contributed by atoms with E-state index in [4.69, 9.17) is 0 Å². The SMILES string of the molecule is CNc1cncc(NC2CCCCC2)c1. The van der Waals surface area contributed by atoms with Gasteiger partial charge in [-0.1, -0.05) is 19.3 Å². The molecule has 82 valence electrons. The standard InChI is InChI=1S/C12H19N3/c1-13-11-7-12(9-14-8-11)15-10-5-3-2-4-6-10/h7-10,13,15H,2-6H2,1H3. The lowest BCUT2D eigenvalue weighted by atomic mass is 9.95. The van der Waals surface area contributed by atoms with Gasteiger partial charge in [-0.05, 0) is 18.9 Å². The van der Waals surface area contributed by atoms with Gasteiger partial charge in [0.1, 0.15) is 0 Å². The van der Waals surface area contributed by atoms with Crippen molar-refractivity contribution in [2.45, 2.75) is 38.1 Å². The van der Waals surface area contributed by atoms with Crippen molar-refractivity contribution < 1.29 is 0 Å². The second-order valence-electron chi connectivity index (χ2n) is 4.19. The van der Waals surface area contributed by atoms with Crippen LogP contribution in [0, 0.1) is 0 Å². The molecular weight excluding hydrogens is 186 g/mol. The Morgan fingerprint density at radius 1 is 1.13 bits per heavy atom. The van der Waals surface area contributed by atoms with Crippen LogP contribution in [0.4, 0.5) is 11.4 Å². The zero-order chi connectivity index (χ0) is 10.5. The van der Waals surface area contributed by atoms with Crippen LogP contribution in [0.15, 0.2) is 18.5 Å². The van der Waals surface area contributed by atoms with Crippen molar-refractivity contribution in [3.8, 4) is 0 Å². The molecule has 2 N–H and O–H groups in total. The molecule has 0 aromatic carbocycles. The molecule has 0 radical (unpaired) electrons. The normalized spacial score (nSPS) is 17.4. The fourth-order valence-electron chi connectivity index (χ4n) is 2.14. The molecular formula is C12H19N3. The summed E-state index contributed by atoms with van der Waals surface area (Å²) in [4.78, 5) is 4.20. The first-order chi connectivity index (χ1) is 7.38. The molecule has 1 aliphatic carbocycles. The molecule has 2 rings (SSSR count). The molecule has 3 nitrogen and oxygen atoms in total. The Labute approximate surface area is 91.3 Å². The van der Waals surface area contributed by atoms with E-state index in [1.165, 1.54) is 32.1 Å². The number of nitrogens with one attached hydrogen (secondary N) is 2. The van der Waals surface area contributed by atoms with Gasteiger partial charge in [-0.15, -0.1) is 0 Å². The van der Waals surface area contributed by atoms with Gasteiger partial charge in [-0.25, -0.2) is 0 Å². The number of nitrogens with zero attached hydrogens (tertiary/aromatic N) is 1. The fourth-order valence-corrected chi connectivity index (χ4v) is 2.14. The Morgan fingerprint density at radius 3 is 2.60 bits per heavy atom. The van der Waals surface area contributed by atoms with Crippen LogP contribution in [0.25, 0.3) is 0 Å². The summed E-state index contributed by atoms with van der Waals surface area (Å²) < 4.78 is 0. The number of rotatable bonds is 3. The van der Waals surface area contributed by atoms with Crippen molar-refractivity contribution in [3.63, 3.8) is 0 Å². The van der Waals surface area contributed by atoms with Crippen LogP contribution < -0.4 is 10.6 Å². The molecule has 1 aromatic heterocycles. The molecule has 0 amide bonds. The first-order valence-electron chi connectivity index (χ1n) is 5.78. The summed E-state index contributed by atoms with van der Waals surface area (Å²) in [5, 5.41) is 6.66. The third kappa shape index (κ3) is 2.85. The van der Waals surface area contributed by atoms with Gasteiger partial charge in [0.15, 0.2) is 0 Å². The molecule has 3 heteroatoms. The number of hydrogen-bond acceptors (Lipinski definition) is 3. The topological polar surface area (TPSA) is 37.0 Å². The van der Waals surface area contributed by atoms with Gasteiger partial charge in [0, 0.05) is 13.1 Å². The van der Waals surface area contributed by atoms with Crippen molar-refractivity contribution in [1.82, 2.24) is 4.98 Å². The lowest BCUT2D eigenvalue weighted by Crippen LogP contribution is -2.22. The Hall–Kier alpha value is -1.25. The Morgan fingerprint density at radius 2 is 1.87 bits per heavy atom. The van der Waals surface area contributed by atoms with E-state index in [2.05, 4.69) is 21.7 Å². The van der Waals surface area contributed by atoms with E-state index in [1.807, 2.05) is 19.4 Å². The van der Waals surface area contributed by atoms with Crippen molar-refractivity contribution in [2.75, 3.05) is 17.7 Å². The number of aromatic nitrogens is 1. The molecule has 0 saturated heterocycles. The zero-order valence-electron chi connectivity index (χ0n) is 9.29. The highest BCUT2D eigenvalue weighted by molar-refractivity contribution is 5.54. The molecule has 1 aromatic rings. The van der Waals surface area contributed by atoms with Crippen LogP contribution in [0.3, 0.4) is 0 Å². The highest BCUT2D eigenvalue weighted by Gasteiger charge is 2.12. The van der Waals surface area contributed by atoms with Gasteiger partial charge in [0.25, 0.3) is 0 Å². The Bertz CT molecular complexity index is 305. The summed E-state index contributed by atoms with van der Waals surface area (Å²) in [5.41, 5.74) is 2.20. The fraction of sp³-hybridized carbons (Fsp3) is 0.583. The quantitative estimate of drug-likeness (QED) is 0.796. The van der Waals surface area contributed by atoms with Gasteiger partial charge in [0.05, 0.1) is 23.8 Å². The van der Waals surface area contributed by atoms with E-state index in [0.29, 0.717) is 6.04 Å². The third-order valence-corrected chi connectivity index (χ3v) is 3.00. The summed E-state index contributed by atoms with van der Waals surface area (Å²) in [6, 6.07) is 2.76. The van der Waals surface area contributed by atoms with E-state index < -0.39 is 0 Å². The van der Waals surface area contributed by atoms with Crippen LogP contribution >= 0.6 is 0 Å². The maximum Gasteiger partial charge on any atom is 0.0549 e. The van der Waals surface area contributed by atoms with Gasteiger partial charge in [-0.3, -0.25) is 4.98 Å². The summed E-state index contributed by atoms with van der Waals surface area (Å²) >= 11 is 0. The van der Waals surface area contributed by atoms with Crippen molar-refractivity contribution in [1.29, 1.82) is 0 Å². The van der Waals surface area contributed by atoms with Crippen LogP contribution in [0.2, 0.25) is 0 Å². The van der Waals surface area contributed by atoms with Crippen LogP contribution in [-0.4, -0.2) is 18.1 Å². The molecule has 15 heavy (non-hydrogen) atoms. The van der Waals surface area contributed by atoms with E-state index >= 15 is 0 Å².